The van der Waals surface area contributed by atoms with Gasteiger partial charge in [0.15, 0.2) is 5.76 Å². The van der Waals surface area contributed by atoms with Crippen molar-refractivity contribution in [2.75, 3.05) is 5.32 Å². The lowest BCUT2D eigenvalue weighted by atomic mass is 10.2. The van der Waals surface area contributed by atoms with E-state index in [9.17, 15) is 14.0 Å². The Kier molecular flexibility index (Phi) is 4.78. The summed E-state index contributed by atoms with van der Waals surface area (Å²) in [6, 6.07) is 11.6. The van der Waals surface area contributed by atoms with Crippen LogP contribution in [0.2, 0.25) is 0 Å². The average molecular weight is 393 g/mol. The van der Waals surface area contributed by atoms with Crippen molar-refractivity contribution in [2.45, 2.75) is 13.3 Å². The minimum Gasteiger partial charge on any atom is -0.463 e. The smallest absolute Gasteiger partial charge is 0.256 e. The first-order chi connectivity index (χ1) is 14.0. The molecule has 1 aromatic carbocycles. The Bertz CT molecular complexity index is 1210. The largest absolute Gasteiger partial charge is 0.463 e. The zero-order valence-corrected chi connectivity index (χ0v) is 15.3. The molecule has 146 valence electrons. The Morgan fingerprint density at radius 3 is 2.72 bits per heavy atom. The minimum absolute atomic E-state index is 0.154. The predicted octanol–water partition coefficient (Wildman–Crippen LogP) is 3.17. The van der Waals surface area contributed by atoms with Crippen LogP contribution >= 0.6 is 0 Å². The van der Waals surface area contributed by atoms with Crippen LogP contribution in [0.4, 0.5) is 10.2 Å². The van der Waals surface area contributed by atoms with Crippen molar-refractivity contribution in [1.29, 1.82) is 0 Å². The second kappa shape index (κ2) is 7.55. The summed E-state index contributed by atoms with van der Waals surface area (Å²) in [6.45, 7) is 1.88. The van der Waals surface area contributed by atoms with Gasteiger partial charge in [-0.25, -0.2) is 9.37 Å². The van der Waals surface area contributed by atoms with Gasteiger partial charge in [0.2, 0.25) is 5.95 Å². The average Bonchev–Trinajstić information content (AvgIpc) is 3.38. The summed E-state index contributed by atoms with van der Waals surface area (Å²) in [7, 11) is 0. The highest BCUT2D eigenvalue weighted by molar-refractivity contribution is 6.04. The number of H-pyrrole nitrogens is 1. The Morgan fingerprint density at radius 2 is 2.03 bits per heavy atom. The number of aromatic nitrogens is 4. The van der Waals surface area contributed by atoms with Crippen LogP contribution in [0, 0.1) is 5.82 Å². The number of furan rings is 1. The van der Waals surface area contributed by atoms with E-state index >= 15 is 0 Å². The third-order valence-corrected chi connectivity index (χ3v) is 4.18. The summed E-state index contributed by atoms with van der Waals surface area (Å²) in [6.07, 6.45) is 2.06. The lowest BCUT2D eigenvalue weighted by molar-refractivity contribution is 0.102. The van der Waals surface area contributed by atoms with Crippen molar-refractivity contribution in [3.05, 3.63) is 82.2 Å². The van der Waals surface area contributed by atoms with E-state index in [1.807, 2.05) is 6.92 Å². The quantitative estimate of drug-likeness (QED) is 0.542. The fourth-order valence-corrected chi connectivity index (χ4v) is 2.74. The lowest BCUT2D eigenvalue weighted by Crippen LogP contribution is -2.19. The fourth-order valence-electron chi connectivity index (χ4n) is 2.74. The topological polar surface area (TPSA) is 106 Å². The highest BCUT2D eigenvalue weighted by atomic mass is 19.1. The fraction of sp³-hybridized carbons (Fsp3) is 0.100. The molecule has 0 spiro atoms. The van der Waals surface area contributed by atoms with Gasteiger partial charge in [0.25, 0.3) is 11.5 Å². The number of hydrogen-bond acceptors (Lipinski definition) is 5. The predicted molar refractivity (Wildman–Crippen MR) is 103 cm³/mol. The summed E-state index contributed by atoms with van der Waals surface area (Å²) in [4.78, 5) is 31.6. The van der Waals surface area contributed by atoms with E-state index < -0.39 is 11.7 Å². The number of nitrogens with zero attached hydrogens (tertiary/aromatic N) is 3. The third-order valence-electron chi connectivity index (χ3n) is 4.18. The number of hydrogen-bond donors (Lipinski definition) is 2. The van der Waals surface area contributed by atoms with Gasteiger partial charge in [-0.1, -0.05) is 6.92 Å². The maximum Gasteiger partial charge on any atom is 0.256 e. The van der Waals surface area contributed by atoms with Crippen LogP contribution in [0.25, 0.3) is 17.4 Å². The van der Waals surface area contributed by atoms with Crippen molar-refractivity contribution in [3.8, 4) is 17.4 Å². The van der Waals surface area contributed by atoms with Gasteiger partial charge in [-0.05, 0) is 42.8 Å². The first-order valence-corrected chi connectivity index (χ1v) is 8.85. The van der Waals surface area contributed by atoms with E-state index in [1.165, 1.54) is 41.3 Å². The highest BCUT2D eigenvalue weighted by Gasteiger charge is 2.18. The summed E-state index contributed by atoms with van der Waals surface area (Å²) in [5, 5.41) is 7.14. The summed E-state index contributed by atoms with van der Waals surface area (Å²) in [5.74, 6) is -0.00490. The molecule has 0 bridgehead atoms. The van der Waals surface area contributed by atoms with Gasteiger partial charge >= 0.3 is 0 Å². The molecule has 0 unspecified atom stereocenters. The monoisotopic (exact) mass is 393 g/mol. The first-order valence-electron chi connectivity index (χ1n) is 8.85. The van der Waals surface area contributed by atoms with Crippen LogP contribution < -0.4 is 10.9 Å². The van der Waals surface area contributed by atoms with Gasteiger partial charge < -0.3 is 9.73 Å². The number of carbonyl (C=O) groups is 1. The number of benzene rings is 1. The summed E-state index contributed by atoms with van der Waals surface area (Å²) < 4.78 is 19.8. The molecule has 0 saturated heterocycles. The van der Waals surface area contributed by atoms with Gasteiger partial charge in [0, 0.05) is 23.4 Å². The van der Waals surface area contributed by atoms with E-state index in [4.69, 9.17) is 4.42 Å². The standard InChI is InChI=1S/C20H16FN5O3/c1-2-14-10-18(27)24-20(22-14)26-17(11-15(25-26)16-4-3-9-29-16)23-19(28)12-5-7-13(21)8-6-12/h3-11H,2H2,1H3,(H,23,28)(H,22,24,27). The number of aromatic amines is 1. The molecule has 1 amide bonds. The Hall–Kier alpha value is -4.01. The Labute approximate surface area is 164 Å². The lowest BCUT2D eigenvalue weighted by Gasteiger charge is -2.08. The van der Waals surface area contributed by atoms with Crippen LogP contribution in [0.1, 0.15) is 23.0 Å². The van der Waals surface area contributed by atoms with Crippen LogP contribution in [-0.2, 0) is 6.42 Å². The number of carbonyl (C=O) groups excluding carboxylic acids is 1. The van der Waals surface area contributed by atoms with Crippen molar-refractivity contribution in [2.24, 2.45) is 0 Å². The zero-order chi connectivity index (χ0) is 20.4. The molecule has 0 radical (unpaired) electrons. The number of nitrogens with one attached hydrogen (secondary N) is 2. The molecule has 0 fully saturated rings. The third kappa shape index (κ3) is 3.84. The van der Waals surface area contributed by atoms with Gasteiger partial charge in [-0.3, -0.25) is 14.6 Å². The number of halogens is 1. The van der Waals surface area contributed by atoms with Gasteiger partial charge in [0.05, 0.1) is 6.26 Å². The van der Waals surface area contributed by atoms with Crippen LogP contribution in [0.3, 0.4) is 0 Å². The molecule has 0 aliphatic rings. The molecule has 0 atom stereocenters. The molecule has 3 aromatic heterocycles. The molecular formula is C20H16FN5O3. The summed E-state index contributed by atoms with van der Waals surface area (Å²) in [5.41, 5.74) is 0.948. The molecule has 3 heterocycles. The molecular weight excluding hydrogens is 377 g/mol. The van der Waals surface area contributed by atoms with E-state index in [-0.39, 0.29) is 22.9 Å². The maximum absolute atomic E-state index is 13.1. The van der Waals surface area contributed by atoms with Crippen LogP contribution in [-0.4, -0.2) is 25.7 Å². The number of amides is 1. The van der Waals surface area contributed by atoms with Crippen molar-refractivity contribution in [3.63, 3.8) is 0 Å². The zero-order valence-electron chi connectivity index (χ0n) is 15.3. The molecule has 0 saturated carbocycles. The first kappa shape index (κ1) is 18.4. The van der Waals surface area contributed by atoms with E-state index in [0.717, 1.165) is 0 Å². The maximum atomic E-state index is 13.1. The van der Waals surface area contributed by atoms with Crippen molar-refractivity contribution in [1.82, 2.24) is 19.7 Å². The van der Waals surface area contributed by atoms with Gasteiger partial charge in [-0.2, -0.15) is 9.78 Å². The van der Waals surface area contributed by atoms with Gasteiger partial charge in [-0.15, -0.1) is 0 Å². The van der Waals surface area contributed by atoms with Crippen LogP contribution in [0.15, 0.2) is 64.0 Å². The summed E-state index contributed by atoms with van der Waals surface area (Å²) >= 11 is 0. The highest BCUT2D eigenvalue weighted by Crippen LogP contribution is 2.24. The Balaban J connectivity index is 1.77. The number of aryl methyl sites for hydroxylation is 1. The molecule has 9 heteroatoms. The van der Waals surface area contributed by atoms with E-state index in [2.05, 4.69) is 20.4 Å². The van der Waals surface area contributed by atoms with E-state index in [0.29, 0.717) is 23.6 Å². The van der Waals surface area contributed by atoms with Gasteiger partial charge in [0.1, 0.15) is 17.3 Å². The van der Waals surface area contributed by atoms with Crippen molar-refractivity contribution < 1.29 is 13.6 Å². The normalized spacial score (nSPS) is 10.8. The molecule has 29 heavy (non-hydrogen) atoms. The molecule has 4 rings (SSSR count). The minimum atomic E-state index is -0.467. The molecule has 8 nitrogen and oxygen atoms in total. The van der Waals surface area contributed by atoms with Crippen LogP contribution in [0.5, 0.6) is 0 Å². The SMILES string of the molecule is CCc1cc(=O)[nH]c(-n2nc(-c3ccco3)cc2NC(=O)c2ccc(F)cc2)n1. The molecule has 4 aromatic rings. The second-order valence-corrected chi connectivity index (χ2v) is 6.18. The van der Waals surface area contributed by atoms with E-state index in [1.54, 1.807) is 18.2 Å². The number of rotatable bonds is 5. The molecule has 0 aliphatic carbocycles. The molecule has 0 aliphatic heterocycles. The second-order valence-electron chi connectivity index (χ2n) is 6.18. The Morgan fingerprint density at radius 1 is 1.24 bits per heavy atom. The van der Waals surface area contributed by atoms with Crippen molar-refractivity contribution >= 4 is 11.7 Å². The number of anilines is 1. The molecule has 2 N–H and O–H groups in total.